The van der Waals surface area contributed by atoms with Crippen molar-refractivity contribution in [3.05, 3.63) is 37.5 Å². The Hall–Kier alpha value is -1.15. The molecule has 0 rings (SSSR count). The molecule has 2 nitrogen and oxygen atoms in total. The van der Waals surface area contributed by atoms with E-state index in [4.69, 9.17) is 5.41 Å². The van der Waals surface area contributed by atoms with Crippen molar-refractivity contribution in [1.29, 1.82) is 5.41 Å². The third-order valence-corrected chi connectivity index (χ3v) is 1.98. The summed E-state index contributed by atoms with van der Waals surface area (Å²) in [5, 5.41) is 10.6. The maximum Gasteiger partial charge on any atom is 0.0446 e. The molecule has 0 aromatic carbocycles. The number of hydrogen-bond acceptors (Lipinski definition) is 2. The first-order chi connectivity index (χ1) is 6.74. The Morgan fingerprint density at radius 2 is 2.21 bits per heavy atom. The standard InChI is InChI=1S/C12H20N2/c1-4-7-8-11(5-2)9-14-10-12(13)6-3/h4-7,11,13-14H,2-3,8-10H2,1H3/b7-4+,13-12?. The van der Waals surface area contributed by atoms with Gasteiger partial charge in [0.15, 0.2) is 0 Å². The second-order valence-electron chi connectivity index (χ2n) is 3.16. The summed E-state index contributed by atoms with van der Waals surface area (Å²) in [6, 6.07) is 0. The third-order valence-electron chi connectivity index (χ3n) is 1.98. The largest absolute Gasteiger partial charge is 0.311 e. The van der Waals surface area contributed by atoms with Crippen molar-refractivity contribution < 1.29 is 0 Å². The molecule has 0 heterocycles. The van der Waals surface area contributed by atoms with Crippen LogP contribution in [-0.4, -0.2) is 18.8 Å². The fraction of sp³-hybridized carbons (Fsp3) is 0.417. The van der Waals surface area contributed by atoms with E-state index in [0.29, 0.717) is 18.2 Å². The molecule has 1 unspecified atom stereocenters. The van der Waals surface area contributed by atoms with E-state index in [-0.39, 0.29) is 0 Å². The molecule has 0 aromatic rings. The summed E-state index contributed by atoms with van der Waals surface area (Å²) in [5.41, 5.74) is 0.527. The molecule has 0 spiro atoms. The van der Waals surface area contributed by atoms with Gasteiger partial charge >= 0.3 is 0 Å². The molecule has 14 heavy (non-hydrogen) atoms. The predicted octanol–water partition coefficient (Wildman–Crippen LogP) is 2.55. The quantitative estimate of drug-likeness (QED) is 0.450. The van der Waals surface area contributed by atoms with Crippen LogP contribution in [0.1, 0.15) is 13.3 Å². The first-order valence-electron chi connectivity index (χ1n) is 4.88. The Bertz CT molecular complexity index is 216. The average molecular weight is 192 g/mol. The number of allylic oxidation sites excluding steroid dienone is 2. The summed E-state index contributed by atoms with van der Waals surface area (Å²) in [6.07, 6.45) is 8.69. The van der Waals surface area contributed by atoms with Crippen LogP contribution >= 0.6 is 0 Å². The highest BCUT2D eigenvalue weighted by Gasteiger charge is 2.00. The van der Waals surface area contributed by atoms with Crippen molar-refractivity contribution >= 4 is 5.71 Å². The van der Waals surface area contributed by atoms with Crippen LogP contribution in [0.25, 0.3) is 0 Å². The minimum atomic E-state index is 0.448. The van der Waals surface area contributed by atoms with Crippen LogP contribution in [0.15, 0.2) is 37.5 Å². The van der Waals surface area contributed by atoms with Gasteiger partial charge in [-0.2, -0.15) is 0 Å². The molecule has 0 aromatic heterocycles. The van der Waals surface area contributed by atoms with Gasteiger partial charge in [0.25, 0.3) is 0 Å². The average Bonchev–Trinajstić information content (AvgIpc) is 2.22. The van der Waals surface area contributed by atoms with Crippen molar-refractivity contribution in [2.75, 3.05) is 13.1 Å². The summed E-state index contributed by atoms with van der Waals surface area (Å²) in [4.78, 5) is 0. The third kappa shape index (κ3) is 6.38. The Morgan fingerprint density at radius 1 is 1.50 bits per heavy atom. The predicted molar refractivity (Wildman–Crippen MR) is 63.9 cm³/mol. The van der Waals surface area contributed by atoms with Crippen molar-refractivity contribution in [3.63, 3.8) is 0 Å². The van der Waals surface area contributed by atoms with E-state index < -0.39 is 0 Å². The van der Waals surface area contributed by atoms with Gasteiger partial charge in [0.2, 0.25) is 0 Å². The van der Waals surface area contributed by atoms with Gasteiger partial charge in [-0.25, -0.2) is 0 Å². The maximum atomic E-state index is 7.36. The first-order valence-corrected chi connectivity index (χ1v) is 4.88. The normalized spacial score (nSPS) is 12.6. The fourth-order valence-electron chi connectivity index (χ4n) is 1.04. The molecule has 2 N–H and O–H groups in total. The minimum Gasteiger partial charge on any atom is -0.311 e. The minimum absolute atomic E-state index is 0.448. The maximum absolute atomic E-state index is 7.36. The second kappa shape index (κ2) is 8.45. The van der Waals surface area contributed by atoms with E-state index in [0.717, 1.165) is 13.0 Å². The highest BCUT2D eigenvalue weighted by atomic mass is 14.9. The van der Waals surface area contributed by atoms with Gasteiger partial charge in [0.1, 0.15) is 0 Å². The van der Waals surface area contributed by atoms with Crippen molar-refractivity contribution in [2.24, 2.45) is 5.92 Å². The molecule has 0 bridgehead atoms. The number of rotatable bonds is 8. The van der Waals surface area contributed by atoms with E-state index in [1.54, 1.807) is 6.08 Å². The Morgan fingerprint density at radius 3 is 2.71 bits per heavy atom. The Balaban J connectivity index is 3.67. The molecule has 78 valence electrons. The molecule has 0 fully saturated rings. The Kier molecular flexibility index (Phi) is 7.75. The van der Waals surface area contributed by atoms with Gasteiger partial charge in [0.05, 0.1) is 0 Å². The first kappa shape index (κ1) is 12.8. The van der Waals surface area contributed by atoms with Crippen LogP contribution in [0.3, 0.4) is 0 Å². The SMILES string of the molecule is C=CC(=N)CNCC(C=C)C/C=C/C. The number of nitrogens with one attached hydrogen (secondary N) is 2. The summed E-state index contributed by atoms with van der Waals surface area (Å²) < 4.78 is 0. The van der Waals surface area contributed by atoms with Gasteiger partial charge in [0, 0.05) is 18.8 Å². The van der Waals surface area contributed by atoms with Crippen molar-refractivity contribution in [3.8, 4) is 0 Å². The number of hydrogen-bond donors (Lipinski definition) is 2. The molecule has 2 heteroatoms. The topological polar surface area (TPSA) is 35.9 Å². The van der Waals surface area contributed by atoms with Crippen molar-refractivity contribution in [2.45, 2.75) is 13.3 Å². The fourth-order valence-corrected chi connectivity index (χ4v) is 1.04. The molecule has 1 atom stereocenters. The lowest BCUT2D eigenvalue weighted by molar-refractivity contribution is 0.594. The molecule has 0 saturated heterocycles. The Labute approximate surface area is 86.9 Å². The molecule has 0 saturated carbocycles. The molecular weight excluding hydrogens is 172 g/mol. The highest BCUT2D eigenvalue weighted by Crippen LogP contribution is 2.03. The monoisotopic (exact) mass is 192 g/mol. The molecule has 0 aliphatic rings. The zero-order valence-corrected chi connectivity index (χ0v) is 8.92. The van der Waals surface area contributed by atoms with Gasteiger partial charge in [-0.3, -0.25) is 0 Å². The van der Waals surface area contributed by atoms with E-state index >= 15 is 0 Å². The van der Waals surface area contributed by atoms with Crippen LogP contribution in [0.4, 0.5) is 0 Å². The van der Waals surface area contributed by atoms with Crippen LogP contribution in [0.5, 0.6) is 0 Å². The van der Waals surface area contributed by atoms with Crippen LogP contribution in [0, 0.1) is 11.3 Å². The van der Waals surface area contributed by atoms with Gasteiger partial charge in [-0.15, -0.1) is 6.58 Å². The van der Waals surface area contributed by atoms with Crippen LogP contribution in [0.2, 0.25) is 0 Å². The molecule has 0 aliphatic heterocycles. The summed E-state index contributed by atoms with van der Waals surface area (Å²) in [5.74, 6) is 0.448. The zero-order valence-electron chi connectivity index (χ0n) is 8.92. The van der Waals surface area contributed by atoms with Gasteiger partial charge in [-0.05, 0) is 25.3 Å². The second-order valence-corrected chi connectivity index (χ2v) is 3.16. The van der Waals surface area contributed by atoms with E-state index in [1.807, 2.05) is 19.1 Å². The molecular formula is C12H20N2. The summed E-state index contributed by atoms with van der Waals surface area (Å²) >= 11 is 0. The van der Waals surface area contributed by atoms with Gasteiger partial charge in [-0.1, -0.05) is 24.8 Å². The molecule has 0 amide bonds. The molecule has 0 aliphatic carbocycles. The van der Waals surface area contributed by atoms with Crippen molar-refractivity contribution in [1.82, 2.24) is 5.32 Å². The lowest BCUT2D eigenvalue weighted by atomic mass is 10.1. The summed E-state index contributed by atoms with van der Waals surface area (Å²) in [6.45, 7) is 10.8. The lowest BCUT2D eigenvalue weighted by Gasteiger charge is -2.10. The van der Waals surface area contributed by atoms with E-state index in [2.05, 4.69) is 24.6 Å². The highest BCUT2D eigenvalue weighted by molar-refractivity contribution is 5.93. The lowest BCUT2D eigenvalue weighted by Crippen LogP contribution is -2.26. The van der Waals surface area contributed by atoms with E-state index in [9.17, 15) is 0 Å². The van der Waals surface area contributed by atoms with Gasteiger partial charge < -0.3 is 10.7 Å². The smallest absolute Gasteiger partial charge is 0.0446 e. The van der Waals surface area contributed by atoms with Crippen LogP contribution < -0.4 is 5.32 Å². The zero-order chi connectivity index (χ0) is 10.8. The van der Waals surface area contributed by atoms with E-state index in [1.165, 1.54) is 0 Å². The van der Waals surface area contributed by atoms with Crippen LogP contribution in [-0.2, 0) is 0 Å². The summed E-state index contributed by atoms with van der Waals surface area (Å²) in [7, 11) is 0. The molecule has 0 radical (unpaired) electrons.